The van der Waals surface area contributed by atoms with Gasteiger partial charge >= 0.3 is 0 Å². The lowest BCUT2D eigenvalue weighted by molar-refractivity contribution is -0.115. The molecule has 0 unspecified atom stereocenters. The van der Waals surface area contributed by atoms with Crippen LogP contribution in [0.4, 0.5) is 5.13 Å². The number of hydrogen-bond donors (Lipinski definition) is 2. The molecule has 9 heteroatoms. The van der Waals surface area contributed by atoms with Crippen molar-refractivity contribution < 1.29 is 9.59 Å². The van der Waals surface area contributed by atoms with Crippen molar-refractivity contribution in [3.05, 3.63) is 63.9 Å². The third kappa shape index (κ3) is 3.89. The summed E-state index contributed by atoms with van der Waals surface area (Å²) in [5.74, 6) is -0.748. The van der Waals surface area contributed by atoms with Crippen LogP contribution in [0.1, 0.15) is 9.67 Å². The number of nitrogens with one attached hydrogen (secondary N) is 2. The Morgan fingerprint density at radius 2 is 1.89 bits per heavy atom. The molecule has 0 radical (unpaired) electrons. The van der Waals surface area contributed by atoms with E-state index < -0.39 is 0 Å². The standard InChI is InChI=1S/C19H13ClN4O2S2/c20-16-11-5-1-2-7-14(11)28-17(16)18(26)22-9-15(25)24-19-23-13(10-27-19)12-6-3-4-8-21-12/h1-8,10H,9H2,(H,22,26)(H,23,24,25). The van der Waals surface area contributed by atoms with Crippen LogP contribution >= 0.6 is 34.3 Å². The van der Waals surface area contributed by atoms with Gasteiger partial charge in [0.25, 0.3) is 5.91 Å². The van der Waals surface area contributed by atoms with Crippen molar-refractivity contribution in [2.24, 2.45) is 0 Å². The fraction of sp³-hybridized carbons (Fsp3) is 0.0526. The van der Waals surface area contributed by atoms with Gasteiger partial charge in [0.05, 0.1) is 17.3 Å². The van der Waals surface area contributed by atoms with Gasteiger partial charge in [0.15, 0.2) is 5.13 Å². The molecular formula is C19H13ClN4O2S2. The highest BCUT2D eigenvalue weighted by Crippen LogP contribution is 2.34. The summed E-state index contributed by atoms with van der Waals surface area (Å²) in [6.45, 7) is -0.179. The van der Waals surface area contributed by atoms with E-state index in [1.54, 1.807) is 6.20 Å². The summed E-state index contributed by atoms with van der Waals surface area (Å²) in [5.41, 5.74) is 1.41. The van der Waals surface area contributed by atoms with Crippen LogP contribution in [-0.2, 0) is 4.79 Å². The monoisotopic (exact) mass is 428 g/mol. The van der Waals surface area contributed by atoms with Crippen LogP contribution in [0.2, 0.25) is 5.02 Å². The van der Waals surface area contributed by atoms with Crippen LogP contribution in [0.5, 0.6) is 0 Å². The number of halogens is 1. The molecule has 0 saturated carbocycles. The molecule has 28 heavy (non-hydrogen) atoms. The van der Waals surface area contributed by atoms with Gasteiger partial charge in [-0.2, -0.15) is 0 Å². The molecule has 4 rings (SSSR count). The number of aromatic nitrogens is 2. The molecule has 3 aromatic heterocycles. The number of nitrogens with zero attached hydrogens (tertiary/aromatic N) is 2. The van der Waals surface area contributed by atoms with Gasteiger partial charge in [-0.15, -0.1) is 22.7 Å². The van der Waals surface area contributed by atoms with E-state index in [0.717, 1.165) is 15.8 Å². The molecule has 0 aliphatic carbocycles. The molecule has 4 aromatic rings. The van der Waals surface area contributed by atoms with Crippen LogP contribution in [0.15, 0.2) is 54.0 Å². The van der Waals surface area contributed by atoms with Gasteiger partial charge in [-0.05, 0) is 18.2 Å². The van der Waals surface area contributed by atoms with E-state index in [4.69, 9.17) is 11.6 Å². The summed E-state index contributed by atoms with van der Waals surface area (Å²) >= 11 is 8.88. The zero-order valence-electron chi connectivity index (χ0n) is 14.3. The van der Waals surface area contributed by atoms with Gasteiger partial charge in [0, 0.05) is 21.7 Å². The molecule has 0 aliphatic heterocycles. The third-order valence-electron chi connectivity index (χ3n) is 3.83. The lowest BCUT2D eigenvalue weighted by Crippen LogP contribution is -2.32. The summed E-state index contributed by atoms with van der Waals surface area (Å²) in [5, 5.41) is 8.76. The molecule has 0 aliphatic rings. The van der Waals surface area contributed by atoms with Crippen LogP contribution in [0.3, 0.4) is 0 Å². The first-order valence-corrected chi connectivity index (χ1v) is 10.3. The quantitative estimate of drug-likeness (QED) is 0.492. The molecule has 0 saturated heterocycles. The number of thiophene rings is 1. The van der Waals surface area contributed by atoms with Crippen molar-refractivity contribution in [2.75, 3.05) is 11.9 Å². The molecule has 0 atom stereocenters. The summed E-state index contributed by atoms with van der Waals surface area (Å²) in [7, 11) is 0. The Morgan fingerprint density at radius 1 is 1.07 bits per heavy atom. The van der Waals surface area contributed by atoms with Crippen LogP contribution in [-0.4, -0.2) is 28.3 Å². The third-order valence-corrected chi connectivity index (χ3v) is 6.26. The lowest BCUT2D eigenvalue weighted by atomic mass is 10.2. The number of rotatable bonds is 5. The first-order valence-electron chi connectivity index (χ1n) is 8.24. The molecule has 0 fully saturated rings. The topological polar surface area (TPSA) is 84.0 Å². The molecule has 1 aromatic carbocycles. The van der Waals surface area contributed by atoms with Crippen molar-refractivity contribution in [1.29, 1.82) is 0 Å². The fourth-order valence-electron chi connectivity index (χ4n) is 2.53. The molecule has 2 amide bonds. The largest absolute Gasteiger partial charge is 0.342 e. The Balaban J connectivity index is 1.37. The Morgan fingerprint density at radius 3 is 2.68 bits per heavy atom. The van der Waals surface area contributed by atoms with Crippen molar-refractivity contribution in [3.63, 3.8) is 0 Å². The van der Waals surface area contributed by atoms with E-state index in [9.17, 15) is 9.59 Å². The van der Waals surface area contributed by atoms with Crippen molar-refractivity contribution >= 4 is 61.3 Å². The van der Waals surface area contributed by atoms with Gasteiger partial charge in [0.2, 0.25) is 5.91 Å². The lowest BCUT2D eigenvalue weighted by Gasteiger charge is -2.04. The molecule has 0 spiro atoms. The number of amides is 2. The zero-order valence-corrected chi connectivity index (χ0v) is 16.7. The minimum atomic E-state index is -0.380. The van der Waals surface area contributed by atoms with Crippen LogP contribution < -0.4 is 10.6 Å². The Hall–Kier alpha value is -2.81. The van der Waals surface area contributed by atoms with Crippen LogP contribution in [0.25, 0.3) is 21.5 Å². The molecule has 3 heterocycles. The molecule has 140 valence electrons. The molecular weight excluding hydrogens is 416 g/mol. The summed E-state index contributed by atoms with van der Waals surface area (Å²) in [4.78, 5) is 33.5. The van der Waals surface area contributed by atoms with E-state index in [1.807, 2.05) is 47.8 Å². The average Bonchev–Trinajstić information content (AvgIpc) is 3.32. The number of benzene rings is 1. The van der Waals surface area contributed by atoms with E-state index in [0.29, 0.717) is 20.7 Å². The highest BCUT2D eigenvalue weighted by molar-refractivity contribution is 7.21. The average molecular weight is 429 g/mol. The summed E-state index contributed by atoms with van der Waals surface area (Å²) in [6.07, 6.45) is 1.68. The minimum absolute atomic E-state index is 0.179. The highest BCUT2D eigenvalue weighted by atomic mass is 35.5. The predicted octanol–water partition coefficient (Wildman–Crippen LogP) is 4.44. The highest BCUT2D eigenvalue weighted by Gasteiger charge is 2.17. The number of anilines is 1. The Kier molecular flexibility index (Phi) is 5.34. The maximum Gasteiger partial charge on any atom is 0.263 e. The maximum absolute atomic E-state index is 12.4. The molecule has 6 nitrogen and oxygen atoms in total. The van der Waals surface area contributed by atoms with Gasteiger partial charge < -0.3 is 10.6 Å². The van der Waals surface area contributed by atoms with Gasteiger partial charge in [0.1, 0.15) is 10.6 Å². The number of hydrogen-bond acceptors (Lipinski definition) is 6. The number of carbonyl (C=O) groups is 2. The predicted molar refractivity (Wildman–Crippen MR) is 113 cm³/mol. The van der Waals surface area contributed by atoms with E-state index >= 15 is 0 Å². The maximum atomic E-state index is 12.4. The van der Waals surface area contributed by atoms with Gasteiger partial charge in [-0.25, -0.2) is 4.98 Å². The first-order chi connectivity index (χ1) is 13.6. The SMILES string of the molecule is O=C(CNC(=O)c1sc2ccccc2c1Cl)Nc1nc(-c2ccccn2)cs1. The zero-order chi connectivity index (χ0) is 19.5. The van der Waals surface area contributed by atoms with E-state index in [2.05, 4.69) is 20.6 Å². The van der Waals surface area contributed by atoms with Gasteiger partial charge in [-0.3, -0.25) is 14.6 Å². The fourth-order valence-corrected chi connectivity index (χ4v) is 4.68. The second-order valence-electron chi connectivity index (χ2n) is 5.73. The molecule has 2 N–H and O–H groups in total. The first kappa shape index (κ1) is 18.5. The van der Waals surface area contributed by atoms with Crippen molar-refractivity contribution in [1.82, 2.24) is 15.3 Å². The van der Waals surface area contributed by atoms with Crippen LogP contribution in [0, 0.1) is 0 Å². The Bertz CT molecular complexity index is 1160. The van der Waals surface area contributed by atoms with Gasteiger partial charge in [-0.1, -0.05) is 35.9 Å². The smallest absolute Gasteiger partial charge is 0.263 e. The van der Waals surface area contributed by atoms with Crippen molar-refractivity contribution in [3.8, 4) is 11.4 Å². The van der Waals surface area contributed by atoms with Crippen molar-refractivity contribution in [2.45, 2.75) is 0 Å². The van der Waals surface area contributed by atoms with E-state index in [1.165, 1.54) is 22.7 Å². The normalized spacial score (nSPS) is 10.8. The Labute approximate surface area is 173 Å². The van der Waals surface area contributed by atoms with E-state index in [-0.39, 0.29) is 18.4 Å². The molecule has 0 bridgehead atoms. The number of pyridine rings is 1. The second kappa shape index (κ2) is 8.05. The summed E-state index contributed by atoms with van der Waals surface area (Å²) in [6, 6.07) is 13.0. The minimum Gasteiger partial charge on any atom is -0.342 e. The second-order valence-corrected chi connectivity index (χ2v) is 8.01. The summed E-state index contributed by atoms with van der Waals surface area (Å²) < 4.78 is 0.923. The number of thiazole rings is 1. The number of carbonyl (C=O) groups excluding carboxylic acids is 2. The number of fused-ring (bicyclic) bond motifs is 1.